The van der Waals surface area contributed by atoms with Crippen LogP contribution in [-0.4, -0.2) is 45.0 Å². The lowest BCUT2D eigenvalue weighted by atomic mass is 9.97. The van der Waals surface area contributed by atoms with Crippen LogP contribution in [0.1, 0.15) is 31.0 Å². The fourth-order valence-corrected chi connectivity index (χ4v) is 5.83. The second-order valence-electron chi connectivity index (χ2n) is 8.35. The van der Waals surface area contributed by atoms with E-state index < -0.39 is 12.0 Å². The summed E-state index contributed by atoms with van der Waals surface area (Å²) in [6, 6.07) is 10.6. The highest BCUT2D eigenvalue weighted by molar-refractivity contribution is 9.10. The molecule has 1 aliphatic rings. The first kappa shape index (κ1) is 26.7. The number of halogens is 1. The molecule has 0 N–H and O–H groups in total. The van der Waals surface area contributed by atoms with E-state index in [4.69, 9.17) is 14.2 Å². The highest BCUT2D eigenvalue weighted by Crippen LogP contribution is 2.35. The Morgan fingerprint density at radius 1 is 1.14 bits per heavy atom. The molecule has 1 aliphatic heterocycles. The summed E-state index contributed by atoms with van der Waals surface area (Å²) in [4.78, 5) is 33.4. The number of anilines is 1. The van der Waals surface area contributed by atoms with Gasteiger partial charge in [-0.3, -0.25) is 9.36 Å². The second kappa shape index (κ2) is 11.4. The monoisotopic (exact) mass is 585 g/mol. The fourth-order valence-electron chi connectivity index (χ4n) is 4.11. The number of rotatable bonds is 8. The van der Waals surface area contributed by atoms with Crippen LogP contribution in [0.4, 0.5) is 5.69 Å². The molecule has 0 amide bonds. The largest absolute Gasteiger partial charge is 0.490 e. The molecule has 3 aromatic rings. The molecule has 8 nitrogen and oxygen atoms in total. The second-order valence-corrected chi connectivity index (χ2v) is 10.2. The summed E-state index contributed by atoms with van der Waals surface area (Å²) in [7, 11) is 5.24. The van der Waals surface area contributed by atoms with E-state index in [-0.39, 0.29) is 11.1 Å². The molecule has 0 aliphatic carbocycles. The fraction of sp³-hybridized carbons (Fsp3) is 0.296. The molecule has 0 fully saturated rings. The molecule has 37 heavy (non-hydrogen) atoms. The van der Waals surface area contributed by atoms with E-state index in [9.17, 15) is 9.59 Å². The summed E-state index contributed by atoms with van der Waals surface area (Å²) >= 11 is 4.87. The number of hydrogen-bond acceptors (Lipinski definition) is 8. The van der Waals surface area contributed by atoms with Gasteiger partial charge in [0.1, 0.15) is 0 Å². The molecule has 2 heterocycles. The van der Waals surface area contributed by atoms with Gasteiger partial charge in [0.2, 0.25) is 0 Å². The first-order chi connectivity index (χ1) is 17.8. The molecule has 0 unspecified atom stereocenters. The number of benzene rings is 2. The molecule has 0 bridgehead atoms. The number of ether oxygens (including phenoxy) is 3. The van der Waals surface area contributed by atoms with Gasteiger partial charge in [-0.15, -0.1) is 0 Å². The number of nitrogens with zero attached hydrogens (tertiary/aromatic N) is 3. The van der Waals surface area contributed by atoms with Gasteiger partial charge in [-0.25, -0.2) is 9.79 Å². The summed E-state index contributed by atoms with van der Waals surface area (Å²) in [5.41, 5.74) is 2.59. The number of thiazole rings is 1. The Morgan fingerprint density at radius 2 is 1.86 bits per heavy atom. The van der Waals surface area contributed by atoms with Gasteiger partial charge in [-0.2, -0.15) is 0 Å². The Balaban J connectivity index is 1.88. The molecule has 1 aromatic heterocycles. The lowest BCUT2D eigenvalue weighted by Gasteiger charge is -2.23. The molecule has 0 radical (unpaired) electrons. The van der Waals surface area contributed by atoms with Crippen LogP contribution < -0.4 is 29.3 Å². The molecule has 1 atom stereocenters. The lowest BCUT2D eigenvalue weighted by Crippen LogP contribution is -2.39. The SMILES string of the molecule is CCOc1ccc([C@H]2C(C(=O)OC)=CN=c3s/c(=C\c4ccc(N(C)C)c(Br)c4)c(=O)n32)cc1OCC. The zero-order valence-electron chi connectivity index (χ0n) is 21.3. The van der Waals surface area contributed by atoms with Crippen LogP contribution in [0.2, 0.25) is 0 Å². The van der Waals surface area contributed by atoms with E-state index in [2.05, 4.69) is 20.9 Å². The van der Waals surface area contributed by atoms with Crippen molar-refractivity contribution in [2.24, 2.45) is 4.99 Å². The predicted octanol–water partition coefficient (Wildman–Crippen LogP) is 3.64. The van der Waals surface area contributed by atoms with Gasteiger partial charge in [-0.1, -0.05) is 23.5 Å². The molecular weight excluding hydrogens is 558 g/mol. The normalized spacial score (nSPS) is 14.9. The molecule has 0 saturated heterocycles. The molecule has 0 saturated carbocycles. The third-order valence-corrected chi connectivity index (χ3v) is 7.39. The van der Waals surface area contributed by atoms with Gasteiger partial charge >= 0.3 is 5.97 Å². The van der Waals surface area contributed by atoms with Gasteiger partial charge in [0.25, 0.3) is 5.56 Å². The smallest absolute Gasteiger partial charge is 0.337 e. The third-order valence-electron chi connectivity index (χ3n) is 5.76. The number of hydrogen-bond donors (Lipinski definition) is 0. The molecule has 10 heteroatoms. The van der Waals surface area contributed by atoms with Gasteiger partial charge in [-0.05, 0) is 71.2 Å². The summed E-state index contributed by atoms with van der Waals surface area (Å²) in [6.45, 7) is 4.70. The number of methoxy groups -OCH3 is 1. The average molecular weight is 587 g/mol. The Morgan fingerprint density at radius 3 is 2.51 bits per heavy atom. The van der Waals surface area contributed by atoms with Crippen molar-refractivity contribution in [2.75, 3.05) is 39.3 Å². The summed E-state index contributed by atoms with van der Waals surface area (Å²) in [5, 5.41) is 0. The van der Waals surface area contributed by atoms with Crippen molar-refractivity contribution < 1.29 is 19.0 Å². The number of esters is 1. The number of fused-ring (bicyclic) bond motifs is 1. The zero-order chi connectivity index (χ0) is 26.7. The van der Waals surface area contributed by atoms with Crippen LogP contribution in [0.5, 0.6) is 11.5 Å². The first-order valence-corrected chi connectivity index (χ1v) is 13.4. The van der Waals surface area contributed by atoms with E-state index in [0.717, 1.165) is 15.7 Å². The van der Waals surface area contributed by atoms with E-state index in [0.29, 0.717) is 39.6 Å². The van der Waals surface area contributed by atoms with Crippen LogP contribution >= 0.6 is 27.3 Å². The number of carbonyl (C=O) groups is 1. The number of aromatic nitrogens is 1. The quantitative estimate of drug-likeness (QED) is 0.375. The van der Waals surface area contributed by atoms with Crippen molar-refractivity contribution >= 4 is 45.0 Å². The van der Waals surface area contributed by atoms with Crippen LogP contribution in [-0.2, 0) is 9.53 Å². The Labute approximate surface area is 227 Å². The zero-order valence-corrected chi connectivity index (χ0v) is 23.7. The van der Waals surface area contributed by atoms with Gasteiger partial charge in [0, 0.05) is 24.8 Å². The predicted molar refractivity (Wildman–Crippen MR) is 148 cm³/mol. The first-order valence-electron chi connectivity index (χ1n) is 11.7. The number of carbonyl (C=O) groups excluding carboxylic acids is 1. The summed E-state index contributed by atoms with van der Waals surface area (Å²) < 4.78 is 19.5. The molecule has 194 valence electrons. The van der Waals surface area contributed by atoms with E-state index in [1.807, 2.05) is 63.2 Å². The molecule has 2 aromatic carbocycles. The van der Waals surface area contributed by atoms with E-state index >= 15 is 0 Å². The topological polar surface area (TPSA) is 82.4 Å². The van der Waals surface area contributed by atoms with Crippen molar-refractivity contribution in [1.82, 2.24) is 4.57 Å². The van der Waals surface area contributed by atoms with Crippen molar-refractivity contribution in [3.63, 3.8) is 0 Å². The minimum absolute atomic E-state index is 0.247. The minimum atomic E-state index is -0.733. The lowest BCUT2D eigenvalue weighted by molar-refractivity contribution is -0.136. The van der Waals surface area contributed by atoms with Gasteiger partial charge < -0.3 is 19.1 Å². The van der Waals surface area contributed by atoms with Crippen LogP contribution in [0.3, 0.4) is 0 Å². The van der Waals surface area contributed by atoms with Gasteiger partial charge in [0.15, 0.2) is 16.3 Å². The summed E-state index contributed by atoms with van der Waals surface area (Å²) in [5.74, 6) is 0.574. The third kappa shape index (κ3) is 5.35. The Kier molecular flexibility index (Phi) is 8.19. The van der Waals surface area contributed by atoms with Crippen molar-refractivity contribution in [3.05, 3.63) is 83.5 Å². The maximum atomic E-state index is 13.7. The highest BCUT2D eigenvalue weighted by Gasteiger charge is 2.31. The van der Waals surface area contributed by atoms with Crippen molar-refractivity contribution in [1.29, 1.82) is 0 Å². The Hall–Kier alpha value is -3.37. The highest BCUT2D eigenvalue weighted by atomic mass is 79.9. The standard InChI is InChI=1S/C27H28BrN3O5S/c1-6-35-21-11-9-17(14-22(21)36-7-2)24-18(26(33)34-5)15-29-27-31(24)25(32)23(37-27)13-16-8-10-20(30(3)4)19(28)12-16/h8-15,24H,6-7H2,1-5H3/b23-13-/t24-/m0/s1. The van der Waals surface area contributed by atoms with Crippen molar-refractivity contribution in [3.8, 4) is 11.5 Å². The van der Waals surface area contributed by atoms with Crippen molar-refractivity contribution in [2.45, 2.75) is 19.9 Å². The summed E-state index contributed by atoms with van der Waals surface area (Å²) in [6.07, 6.45) is 3.31. The maximum absolute atomic E-state index is 13.7. The molecule has 0 spiro atoms. The van der Waals surface area contributed by atoms with E-state index in [1.54, 1.807) is 12.1 Å². The van der Waals surface area contributed by atoms with Crippen LogP contribution in [0.15, 0.2) is 62.4 Å². The minimum Gasteiger partial charge on any atom is -0.490 e. The Bertz CT molecular complexity index is 1540. The van der Waals surface area contributed by atoms with Crippen LogP contribution in [0.25, 0.3) is 6.08 Å². The van der Waals surface area contributed by atoms with Crippen LogP contribution in [0, 0.1) is 0 Å². The maximum Gasteiger partial charge on any atom is 0.337 e. The molecule has 4 rings (SSSR count). The van der Waals surface area contributed by atoms with E-state index in [1.165, 1.54) is 29.2 Å². The molecular formula is C27H28BrN3O5S. The van der Waals surface area contributed by atoms with Gasteiger partial charge in [0.05, 0.1) is 42.2 Å². The average Bonchev–Trinajstić information content (AvgIpc) is 3.19.